The summed E-state index contributed by atoms with van der Waals surface area (Å²) in [5, 5.41) is 0. The van der Waals surface area contributed by atoms with Gasteiger partial charge in [0.05, 0.1) is 12.7 Å². The molecule has 0 amide bonds. The summed E-state index contributed by atoms with van der Waals surface area (Å²) in [7, 11) is 0. The van der Waals surface area contributed by atoms with Crippen LogP contribution in [-0.2, 0) is 11.2 Å². The van der Waals surface area contributed by atoms with Gasteiger partial charge >= 0.3 is 0 Å². The van der Waals surface area contributed by atoms with E-state index in [4.69, 9.17) is 9.47 Å². The van der Waals surface area contributed by atoms with Crippen molar-refractivity contribution in [3.63, 3.8) is 0 Å². The molecule has 0 N–H and O–H groups in total. The molecule has 2 heteroatoms. The van der Waals surface area contributed by atoms with E-state index in [1.165, 1.54) is 5.56 Å². The van der Waals surface area contributed by atoms with Gasteiger partial charge in [-0.3, -0.25) is 0 Å². The Hall–Kier alpha value is -1.02. The third kappa shape index (κ3) is 1.90. The van der Waals surface area contributed by atoms with Gasteiger partial charge in [-0.15, -0.1) is 0 Å². The minimum atomic E-state index is 0.236. The highest BCUT2D eigenvalue weighted by molar-refractivity contribution is 5.28. The Labute approximate surface area is 84.8 Å². The molecule has 1 saturated heterocycles. The van der Waals surface area contributed by atoms with Crippen LogP contribution in [0.4, 0.5) is 0 Å². The summed E-state index contributed by atoms with van der Waals surface area (Å²) in [5.74, 6) is 0.963. The van der Waals surface area contributed by atoms with Gasteiger partial charge in [0.1, 0.15) is 11.9 Å². The molecule has 0 saturated carbocycles. The zero-order valence-electron chi connectivity index (χ0n) is 8.69. The van der Waals surface area contributed by atoms with E-state index in [1.807, 2.05) is 19.1 Å². The average Bonchev–Trinajstić information content (AvgIpc) is 2.24. The van der Waals surface area contributed by atoms with Crippen molar-refractivity contribution in [1.82, 2.24) is 0 Å². The highest BCUT2D eigenvalue weighted by atomic mass is 16.6. The highest BCUT2D eigenvalue weighted by Crippen LogP contribution is 2.21. The fourth-order valence-corrected chi connectivity index (χ4v) is 1.51. The highest BCUT2D eigenvalue weighted by Gasteiger charge is 2.29. The van der Waals surface area contributed by atoms with E-state index in [1.54, 1.807) is 0 Å². The molecule has 0 bridgehead atoms. The summed E-state index contributed by atoms with van der Waals surface area (Å²) in [4.78, 5) is 0. The van der Waals surface area contributed by atoms with Crippen LogP contribution >= 0.6 is 0 Å². The Balaban J connectivity index is 2.01. The minimum Gasteiger partial charge on any atom is -0.485 e. The standard InChI is InChI=1S/C12H16O2/c1-3-10-5-4-6-11(7-10)14-12-8-13-9(12)2/h4-7,9,12H,3,8H2,1-2H3. The third-order valence-electron chi connectivity index (χ3n) is 2.64. The van der Waals surface area contributed by atoms with Gasteiger partial charge in [-0.1, -0.05) is 19.1 Å². The van der Waals surface area contributed by atoms with Crippen molar-refractivity contribution in [1.29, 1.82) is 0 Å². The molecule has 1 heterocycles. The van der Waals surface area contributed by atoms with Crippen LogP contribution < -0.4 is 4.74 Å². The molecule has 76 valence electrons. The number of hydrogen-bond donors (Lipinski definition) is 0. The van der Waals surface area contributed by atoms with Gasteiger partial charge in [0.2, 0.25) is 0 Å². The van der Waals surface area contributed by atoms with Gasteiger partial charge in [0, 0.05) is 0 Å². The van der Waals surface area contributed by atoms with Crippen molar-refractivity contribution in [2.75, 3.05) is 6.61 Å². The largest absolute Gasteiger partial charge is 0.485 e. The monoisotopic (exact) mass is 192 g/mol. The second-order valence-electron chi connectivity index (χ2n) is 3.70. The molecule has 2 nitrogen and oxygen atoms in total. The molecule has 1 aliphatic heterocycles. The van der Waals surface area contributed by atoms with Crippen molar-refractivity contribution in [2.24, 2.45) is 0 Å². The maximum absolute atomic E-state index is 5.78. The molecular formula is C12H16O2. The van der Waals surface area contributed by atoms with Crippen LogP contribution in [0, 0.1) is 0 Å². The average molecular weight is 192 g/mol. The van der Waals surface area contributed by atoms with E-state index < -0.39 is 0 Å². The normalized spacial score (nSPS) is 25.6. The number of ether oxygens (including phenoxy) is 2. The molecule has 2 rings (SSSR count). The molecule has 0 aromatic heterocycles. The molecular weight excluding hydrogens is 176 g/mol. The number of benzene rings is 1. The summed E-state index contributed by atoms with van der Waals surface area (Å²) in [6.45, 7) is 4.91. The topological polar surface area (TPSA) is 18.5 Å². The summed E-state index contributed by atoms with van der Waals surface area (Å²) in [6.07, 6.45) is 1.52. The van der Waals surface area contributed by atoms with Gasteiger partial charge in [-0.25, -0.2) is 0 Å². The lowest BCUT2D eigenvalue weighted by atomic mass is 10.1. The Morgan fingerprint density at radius 1 is 1.50 bits per heavy atom. The van der Waals surface area contributed by atoms with Crippen molar-refractivity contribution in [2.45, 2.75) is 32.5 Å². The van der Waals surface area contributed by atoms with Gasteiger partial charge < -0.3 is 9.47 Å². The first-order chi connectivity index (χ1) is 6.79. The molecule has 0 radical (unpaired) electrons. The molecule has 2 unspecified atom stereocenters. The van der Waals surface area contributed by atoms with Crippen LogP contribution in [0.25, 0.3) is 0 Å². The maximum atomic E-state index is 5.78. The van der Waals surface area contributed by atoms with Gasteiger partial charge in [0.15, 0.2) is 0 Å². The Morgan fingerprint density at radius 3 is 2.93 bits per heavy atom. The Bertz CT molecular complexity index is 309. The van der Waals surface area contributed by atoms with Gasteiger partial charge in [-0.05, 0) is 31.0 Å². The van der Waals surface area contributed by atoms with Crippen LogP contribution in [0.5, 0.6) is 5.75 Å². The molecule has 1 fully saturated rings. The number of rotatable bonds is 3. The predicted molar refractivity (Wildman–Crippen MR) is 55.7 cm³/mol. The second kappa shape index (κ2) is 4.01. The summed E-state index contributed by atoms with van der Waals surface area (Å²) in [6, 6.07) is 8.27. The number of aryl methyl sites for hydroxylation is 1. The van der Waals surface area contributed by atoms with Gasteiger partial charge in [0.25, 0.3) is 0 Å². The fraction of sp³-hybridized carbons (Fsp3) is 0.500. The van der Waals surface area contributed by atoms with Gasteiger partial charge in [-0.2, -0.15) is 0 Å². The smallest absolute Gasteiger partial charge is 0.148 e. The van der Waals surface area contributed by atoms with Crippen LogP contribution in [0.1, 0.15) is 19.4 Å². The Morgan fingerprint density at radius 2 is 2.36 bits per heavy atom. The lowest BCUT2D eigenvalue weighted by Crippen LogP contribution is -2.46. The van der Waals surface area contributed by atoms with Crippen molar-refractivity contribution < 1.29 is 9.47 Å². The molecule has 2 atom stereocenters. The molecule has 1 aromatic carbocycles. The van der Waals surface area contributed by atoms with Crippen molar-refractivity contribution in [3.05, 3.63) is 29.8 Å². The van der Waals surface area contributed by atoms with Crippen LogP contribution in [0.3, 0.4) is 0 Å². The van der Waals surface area contributed by atoms with Crippen LogP contribution in [0.2, 0.25) is 0 Å². The first-order valence-electron chi connectivity index (χ1n) is 5.17. The molecule has 1 aliphatic rings. The van der Waals surface area contributed by atoms with Crippen molar-refractivity contribution >= 4 is 0 Å². The van der Waals surface area contributed by atoms with E-state index in [0.717, 1.165) is 18.8 Å². The summed E-state index contributed by atoms with van der Waals surface area (Å²) >= 11 is 0. The molecule has 14 heavy (non-hydrogen) atoms. The second-order valence-corrected chi connectivity index (χ2v) is 3.70. The summed E-state index contributed by atoms with van der Waals surface area (Å²) in [5.41, 5.74) is 1.32. The quantitative estimate of drug-likeness (QED) is 0.732. The van der Waals surface area contributed by atoms with E-state index in [0.29, 0.717) is 0 Å². The van der Waals surface area contributed by atoms with E-state index >= 15 is 0 Å². The van der Waals surface area contributed by atoms with Crippen molar-refractivity contribution in [3.8, 4) is 5.75 Å². The lowest BCUT2D eigenvalue weighted by molar-refractivity contribution is -0.139. The van der Waals surface area contributed by atoms with E-state index in [2.05, 4.69) is 19.1 Å². The SMILES string of the molecule is CCc1cccc(OC2COC2C)c1. The summed E-state index contributed by atoms with van der Waals surface area (Å²) < 4.78 is 11.0. The predicted octanol–water partition coefficient (Wildman–Crippen LogP) is 2.42. The van der Waals surface area contributed by atoms with Crippen LogP contribution in [-0.4, -0.2) is 18.8 Å². The third-order valence-corrected chi connectivity index (χ3v) is 2.64. The fourth-order valence-electron chi connectivity index (χ4n) is 1.51. The number of hydrogen-bond acceptors (Lipinski definition) is 2. The molecule has 0 spiro atoms. The molecule has 0 aliphatic carbocycles. The Kier molecular flexibility index (Phi) is 2.73. The van der Waals surface area contributed by atoms with E-state index in [9.17, 15) is 0 Å². The van der Waals surface area contributed by atoms with E-state index in [-0.39, 0.29) is 12.2 Å². The maximum Gasteiger partial charge on any atom is 0.148 e. The van der Waals surface area contributed by atoms with Crippen LogP contribution in [0.15, 0.2) is 24.3 Å². The zero-order chi connectivity index (χ0) is 9.97. The first kappa shape index (κ1) is 9.53. The minimum absolute atomic E-state index is 0.236. The zero-order valence-corrected chi connectivity index (χ0v) is 8.69. The lowest BCUT2D eigenvalue weighted by Gasteiger charge is -2.34. The first-order valence-corrected chi connectivity index (χ1v) is 5.17. The molecule has 1 aromatic rings.